The van der Waals surface area contributed by atoms with Gasteiger partial charge in [-0.3, -0.25) is 13.9 Å². The van der Waals surface area contributed by atoms with Crippen molar-refractivity contribution >= 4 is 22.8 Å². The van der Waals surface area contributed by atoms with Gasteiger partial charge in [0.15, 0.2) is 11.2 Å². The molecular formula is C25H16ClN5O. The number of nitrogens with zero attached hydrogens (tertiary/aromatic N) is 5. The third-order valence-electron chi connectivity index (χ3n) is 5.19. The van der Waals surface area contributed by atoms with Crippen LogP contribution in [-0.2, 0) is 0 Å². The van der Waals surface area contributed by atoms with Crippen LogP contribution in [0.15, 0.2) is 83.7 Å². The maximum atomic E-state index is 13.7. The zero-order valence-electron chi connectivity index (χ0n) is 17.0. The minimum absolute atomic E-state index is 0.0968. The number of rotatable bonds is 3. The molecule has 6 nitrogen and oxygen atoms in total. The van der Waals surface area contributed by atoms with Gasteiger partial charge < -0.3 is 0 Å². The standard InChI is InChI=1S/C25H16ClN5O/c1-16-7-9-17(10-8-16)23-29-24-22(25(32)31(23)20-13-11-18(26)12-14-20)28-21(15-27)30(24)19-5-3-2-4-6-19/h2-14H,1H3. The number of aromatic nitrogens is 4. The first-order valence-corrected chi connectivity index (χ1v) is 10.3. The molecule has 32 heavy (non-hydrogen) atoms. The minimum Gasteiger partial charge on any atom is -0.268 e. The maximum absolute atomic E-state index is 13.7. The Bertz CT molecular complexity index is 1540. The molecule has 0 saturated heterocycles. The molecule has 0 spiro atoms. The summed E-state index contributed by atoms with van der Waals surface area (Å²) in [4.78, 5) is 22.9. The van der Waals surface area contributed by atoms with E-state index in [2.05, 4.69) is 11.1 Å². The molecule has 2 aromatic heterocycles. The van der Waals surface area contributed by atoms with E-state index in [-0.39, 0.29) is 16.9 Å². The lowest BCUT2D eigenvalue weighted by molar-refractivity contribution is 0.960. The van der Waals surface area contributed by atoms with Crippen molar-refractivity contribution in [3.63, 3.8) is 0 Å². The van der Waals surface area contributed by atoms with Crippen LogP contribution in [0.4, 0.5) is 0 Å². The largest absolute Gasteiger partial charge is 0.286 e. The van der Waals surface area contributed by atoms with Crippen LogP contribution in [0.2, 0.25) is 5.02 Å². The summed E-state index contributed by atoms with van der Waals surface area (Å²) in [6.07, 6.45) is 0. The molecule has 0 aliphatic rings. The third-order valence-corrected chi connectivity index (χ3v) is 5.44. The molecule has 5 aromatic rings. The van der Waals surface area contributed by atoms with Crippen molar-refractivity contribution in [3.8, 4) is 28.8 Å². The van der Waals surface area contributed by atoms with Crippen molar-refractivity contribution in [3.05, 3.63) is 106 Å². The van der Waals surface area contributed by atoms with Gasteiger partial charge in [0, 0.05) is 16.3 Å². The van der Waals surface area contributed by atoms with Gasteiger partial charge in [0.2, 0.25) is 5.82 Å². The number of para-hydroxylation sites is 1. The van der Waals surface area contributed by atoms with E-state index >= 15 is 0 Å². The highest BCUT2D eigenvalue weighted by Gasteiger charge is 2.22. The molecule has 0 saturated carbocycles. The molecule has 0 fully saturated rings. The first-order chi connectivity index (χ1) is 15.6. The van der Waals surface area contributed by atoms with Gasteiger partial charge in [0.25, 0.3) is 5.56 Å². The summed E-state index contributed by atoms with van der Waals surface area (Å²) in [6.45, 7) is 2.00. The predicted molar refractivity (Wildman–Crippen MR) is 124 cm³/mol. The molecule has 7 heteroatoms. The lowest BCUT2D eigenvalue weighted by atomic mass is 10.1. The van der Waals surface area contributed by atoms with Gasteiger partial charge in [-0.05, 0) is 43.3 Å². The molecule has 0 amide bonds. The van der Waals surface area contributed by atoms with Crippen molar-refractivity contribution in [1.29, 1.82) is 5.26 Å². The molecule has 5 rings (SSSR count). The quantitative estimate of drug-likeness (QED) is 0.394. The molecule has 0 bridgehead atoms. The first-order valence-electron chi connectivity index (χ1n) is 9.91. The normalized spacial score (nSPS) is 10.9. The second-order valence-electron chi connectivity index (χ2n) is 7.31. The summed E-state index contributed by atoms with van der Waals surface area (Å²) in [5, 5.41) is 10.3. The summed E-state index contributed by atoms with van der Waals surface area (Å²) in [7, 11) is 0. The number of imidazole rings is 1. The number of halogens is 1. The SMILES string of the molecule is Cc1ccc(-c2nc3c(nc(C#N)n3-c3ccccc3)c(=O)n2-c2ccc(Cl)cc2)cc1. The van der Waals surface area contributed by atoms with E-state index in [1.165, 1.54) is 4.57 Å². The van der Waals surface area contributed by atoms with Gasteiger partial charge in [-0.15, -0.1) is 0 Å². The number of aryl methyl sites for hydroxylation is 1. The number of hydrogen-bond donors (Lipinski definition) is 0. The van der Waals surface area contributed by atoms with E-state index in [1.807, 2.05) is 61.5 Å². The van der Waals surface area contributed by atoms with Gasteiger partial charge >= 0.3 is 0 Å². The Labute approximate surface area is 188 Å². The van der Waals surface area contributed by atoms with Crippen molar-refractivity contribution in [2.24, 2.45) is 0 Å². The maximum Gasteiger partial charge on any atom is 0.286 e. The summed E-state index contributed by atoms with van der Waals surface area (Å²) in [5.74, 6) is 0.547. The van der Waals surface area contributed by atoms with E-state index in [0.717, 1.165) is 11.1 Å². The Kier molecular flexibility index (Phi) is 4.81. The van der Waals surface area contributed by atoms with Gasteiger partial charge in [0.05, 0.1) is 5.69 Å². The van der Waals surface area contributed by atoms with Crippen LogP contribution in [0, 0.1) is 18.3 Å². The van der Waals surface area contributed by atoms with Crippen LogP contribution in [0.3, 0.4) is 0 Å². The second kappa shape index (κ2) is 7.80. The van der Waals surface area contributed by atoms with Gasteiger partial charge in [0.1, 0.15) is 11.9 Å². The smallest absolute Gasteiger partial charge is 0.268 e. The fourth-order valence-corrected chi connectivity index (χ4v) is 3.76. The van der Waals surface area contributed by atoms with Crippen LogP contribution in [0.5, 0.6) is 0 Å². The van der Waals surface area contributed by atoms with E-state index < -0.39 is 0 Å². The lowest BCUT2D eigenvalue weighted by Crippen LogP contribution is -2.22. The molecule has 0 aliphatic carbocycles. The lowest BCUT2D eigenvalue weighted by Gasteiger charge is -2.14. The molecular weight excluding hydrogens is 422 g/mol. The number of nitriles is 1. The molecule has 3 aromatic carbocycles. The van der Waals surface area contributed by atoms with Gasteiger partial charge in [-0.1, -0.05) is 59.6 Å². The molecule has 2 heterocycles. The number of fused-ring (bicyclic) bond motifs is 1. The number of benzene rings is 3. The highest BCUT2D eigenvalue weighted by atomic mass is 35.5. The van der Waals surface area contributed by atoms with Gasteiger partial charge in [-0.2, -0.15) is 5.26 Å². The van der Waals surface area contributed by atoms with Gasteiger partial charge in [-0.25, -0.2) is 9.97 Å². The molecule has 0 atom stereocenters. The fraction of sp³-hybridized carbons (Fsp3) is 0.0400. The van der Waals surface area contributed by atoms with Crippen LogP contribution < -0.4 is 5.56 Å². The van der Waals surface area contributed by atoms with E-state index in [0.29, 0.717) is 27.9 Å². The average molecular weight is 438 g/mol. The van der Waals surface area contributed by atoms with E-state index in [1.54, 1.807) is 28.8 Å². The first kappa shape index (κ1) is 19.7. The monoisotopic (exact) mass is 437 g/mol. The minimum atomic E-state index is -0.362. The third kappa shape index (κ3) is 3.25. The zero-order valence-corrected chi connectivity index (χ0v) is 17.8. The van der Waals surface area contributed by atoms with Crippen molar-refractivity contribution in [2.45, 2.75) is 6.92 Å². The molecule has 0 N–H and O–H groups in total. The summed E-state index contributed by atoms with van der Waals surface area (Å²) in [5.41, 5.74) is 3.27. The van der Waals surface area contributed by atoms with Crippen LogP contribution in [0.25, 0.3) is 33.9 Å². The van der Waals surface area contributed by atoms with Crippen LogP contribution in [-0.4, -0.2) is 19.1 Å². The second-order valence-corrected chi connectivity index (χ2v) is 7.75. The Morgan fingerprint density at radius 2 is 1.50 bits per heavy atom. The van der Waals surface area contributed by atoms with E-state index in [9.17, 15) is 10.1 Å². The highest BCUT2D eigenvalue weighted by Crippen LogP contribution is 2.25. The van der Waals surface area contributed by atoms with E-state index in [4.69, 9.17) is 16.6 Å². The van der Waals surface area contributed by atoms with Crippen molar-refractivity contribution in [1.82, 2.24) is 19.1 Å². The van der Waals surface area contributed by atoms with Crippen molar-refractivity contribution in [2.75, 3.05) is 0 Å². The Balaban J connectivity index is 1.91. The number of hydrogen-bond acceptors (Lipinski definition) is 4. The predicted octanol–water partition coefficient (Wildman–Crippen LogP) is 5.07. The zero-order chi connectivity index (χ0) is 22.2. The highest BCUT2D eigenvalue weighted by molar-refractivity contribution is 6.30. The average Bonchev–Trinajstić information content (AvgIpc) is 3.20. The fourth-order valence-electron chi connectivity index (χ4n) is 3.63. The summed E-state index contributed by atoms with van der Waals surface area (Å²) >= 11 is 6.06. The molecule has 0 aliphatic heterocycles. The van der Waals surface area contributed by atoms with Crippen molar-refractivity contribution < 1.29 is 0 Å². The summed E-state index contributed by atoms with van der Waals surface area (Å²) < 4.78 is 3.12. The molecule has 154 valence electrons. The molecule has 0 radical (unpaired) electrons. The Hall–Kier alpha value is -4.21. The topological polar surface area (TPSA) is 76.5 Å². The Morgan fingerprint density at radius 1 is 0.844 bits per heavy atom. The van der Waals surface area contributed by atoms with Crippen LogP contribution >= 0.6 is 11.6 Å². The van der Waals surface area contributed by atoms with Crippen LogP contribution in [0.1, 0.15) is 11.4 Å². The molecule has 0 unspecified atom stereocenters. The summed E-state index contributed by atoms with van der Waals surface area (Å²) in [6, 6.07) is 26.1. The Morgan fingerprint density at radius 3 is 2.16 bits per heavy atom.